The lowest BCUT2D eigenvalue weighted by atomic mass is 10.0. The van der Waals surface area contributed by atoms with E-state index in [1.807, 2.05) is 18.2 Å². The molecule has 26 heavy (non-hydrogen) atoms. The number of hydrogen-bond donors (Lipinski definition) is 2. The van der Waals surface area contributed by atoms with Crippen molar-refractivity contribution < 1.29 is 14.2 Å². The van der Waals surface area contributed by atoms with Gasteiger partial charge in [-0.25, -0.2) is 0 Å². The SMILES string of the molecule is NC(=NCC1COC2(CCCCCC2)O1)NC1CCOc2ccccc21. The van der Waals surface area contributed by atoms with E-state index in [1.165, 1.54) is 25.7 Å². The van der Waals surface area contributed by atoms with Crippen molar-refractivity contribution in [2.75, 3.05) is 19.8 Å². The van der Waals surface area contributed by atoms with Crippen LogP contribution in [0.15, 0.2) is 29.3 Å². The zero-order valence-corrected chi connectivity index (χ0v) is 15.3. The van der Waals surface area contributed by atoms with E-state index in [-0.39, 0.29) is 17.9 Å². The van der Waals surface area contributed by atoms with Crippen LogP contribution in [-0.4, -0.2) is 37.6 Å². The van der Waals surface area contributed by atoms with Gasteiger partial charge < -0.3 is 25.3 Å². The molecule has 2 fully saturated rings. The van der Waals surface area contributed by atoms with Gasteiger partial charge in [0, 0.05) is 24.8 Å². The summed E-state index contributed by atoms with van der Waals surface area (Å²) in [6, 6.07) is 8.21. The highest BCUT2D eigenvalue weighted by Gasteiger charge is 2.41. The number of hydrogen-bond acceptors (Lipinski definition) is 4. The predicted molar refractivity (Wildman–Crippen MR) is 100 cm³/mol. The molecule has 0 aromatic heterocycles. The number of ether oxygens (including phenoxy) is 3. The molecule has 1 aromatic carbocycles. The molecule has 1 saturated carbocycles. The van der Waals surface area contributed by atoms with Crippen LogP contribution in [0.3, 0.4) is 0 Å². The summed E-state index contributed by atoms with van der Waals surface area (Å²) in [6.45, 7) is 1.83. The fourth-order valence-electron chi connectivity index (χ4n) is 4.15. The molecule has 3 N–H and O–H groups in total. The molecule has 4 rings (SSSR count). The average molecular weight is 359 g/mol. The molecule has 2 aliphatic heterocycles. The number of guanidine groups is 1. The van der Waals surface area contributed by atoms with Crippen molar-refractivity contribution in [1.29, 1.82) is 0 Å². The molecule has 6 heteroatoms. The molecule has 6 nitrogen and oxygen atoms in total. The maximum Gasteiger partial charge on any atom is 0.189 e. The Morgan fingerprint density at radius 1 is 1.19 bits per heavy atom. The summed E-state index contributed by atoms with van der Waals surface area (Å²) >= 11 is 0. The van der Waals surface area contributed by atoms with Gasteiger partial charge in [0.05, 0.1) is 25.8 Å². The zero-order chi connectivity index (χ0) is 17.8. The first-order valence-electron chi connectivity index (χ1n) is 9.84. The monoisotopic (exact) mass is 359 g/mol. The number of para-hydroxylation sites is 1. The van der Waals surface area contributed by atoms with E-state index in [9.17, 15) is 0 Å². The third-order valence-electron chi connectivity index (χ3n) is 5.52. The van der Waals surface area contributed by atoms with E-state index < -0.39 is 0 Å². The van der Waals surface area contributed by atoms with Crippen LogP contribution >= 0.6 is 0 Å². The minimum absolute atomic E-state index is 0.00424. The van der Waals surface area contributed by atoms with Gasteiger partial charge in [-0.1, -0.05) is 31.0 Å². The van der Waals surface area contributed by atoms with Crippen molar-refractivity contribution in [1.82, 2.24) is 5.32 Å². The molecule has 3 aliphatic rings. The molecule has 1 saturated heterocycles. The van der Waals surface area contributed by atoms with Gasteiger partial charge in [-0.3, -0.25) is 4.99 Å². The Labute approximate surface area is 155 Å². The van der Waals surface area contributed by atoms with Crippen LogP contribution in [0.5, 0.6) is 5.75 Å². The molecule has 2 unspecified atom stereocenters. The van der Waals surface area contributed by atoms with E-state index in [2.05, 4.69) is 16.4 Å². The largest absolute Gasteiger partial charge is 0.493 e. The highest BCUT2D eigenvalue weighted by Crippen LogP contribution is 2.37. The summed E-state index contributed by atoms with van der Waals surface area (Å²) < 4.78 is 18.0. The lowest BCUT2D eigenvalue weighted by molar-refractivity contribution is -0.174. The predicted octanol–water partition coefficient (Wildman–Crippen LogP) is 2.88. The molecule has 0 amide bonds. The van der Waals surface area contributed by atoms with Crippen molar-refractivity contribution >= 4 is 5.96 Å². The Morgan fingerprint density at radius 2 is 2.00 bits per heavy atom. The fourth-order valence-corrected chi connectivity index (χ4v) is 4.15. The lowest BCUT2D eigenvalue weighted by Gasteiger charge is -2.27. The van der Waals surface area contributed by atoms with Crippen LogP contribution in [0.1, 0.15) is 56.6 Å². The second kappa shape index (κ2) is 7.84. The highest BCUT2D eigenvalue weighted by molar-refractivity contribution is 5.78. The third kappa shape index (κ3) is 3.96. The van der Waals surface area contributed by atoms with Crippen molar-refractivity contribution in [3.05, 3.63) is 29.8 Å². The molecule has 1 aromatic rings. The minimum Gasteiger partial charge on any atom is -0.493 e. The number of nitrogens with two attached hydrogens (primary N) is 1. The lowest BCUT2D eigenvalue weighted by Crippen LogP contribution is -2.38. The smallest absolute Gasteiger partial charge is 0.189 e. The zero-order valence-electron chi connectivity index (χ0n) is 15.3. The van der Waals surface area contributed by atoms with Gasteiger partial charge in [0.2, 0.25) is 0 Å². The molecular formula is C20H29N3O3. The van der Waals surface area contributed by atoms with Gasteiger partial charge in [-0.15, -0.1) is 0 Å². The maximum atomic E-state index is 6.23. The van der Waals surface area contributed by atoms with Crippen LogP contribution in [0, 0.1) is 0 Å². The second-order valence-corrected chi connectivity index (χ2v) is 7.47. The fraction of sp³-hybridized carbons (Fsp3) is 0.650. The highest BCUT2D eigenvalue weighted by atomic mass is 16.7. The number of aliphatic imine (C=N–C) groups is 1. The molecule has 1 spiro atoms. The minimum atomic E-state index is -0.363. The van der Waals surface area contributed by atoms with E-state index in [4.69, 9.17) is 19.9 Å². The normalized spacial score (nSPS) is 28.2. The van der Waals surface area contributed by atoms with Crippen LogP contribution in [0.2, 0.25) is 0 Å². The van der Waals surface area contributed by atoms with Crippen molar-refractivity contribution in [2.45, 2.75) is 62.9 Å². The van der Waals surface area contributed by atoms with Gasteiger partial charge in [0.1, 0.15) is 11.9 Å². The number of fused-ring (bicyclic) bond motifs is 1. The molecule has 0 bridgehead atoms. The van der Waals surface area contributed by atoms with E-state index in [1.54, 1.807) is 0 Å². The third-order valence-corrected chi connectivity index (χ3v) is 5.52. The van der Waals surface area contributed by atoms with Crippen molar-refractivity contribution in [2.24, 2.45) is 10.7 Å². The Balaban J connectivity index is 1.32. The standard InChI is InChI=1S/C20H29N3O3/c21-19(23-17-9-12-24-18-8-4-3-7-16(17)18)22-13-15-14-25-20(26-15)10-5-1-2-6-11-20/h3-4,7-8,15,17H,1-2,5-6,9-14H2,(H3,21,22,23). The Kier molecular flexibility index (Phi) is 5.31. The van der Waals surface area contributed by atoms with Gasteiger partial charge in [0.15, 0.2) is 11.7 Å². The quantitative estimate of drug-likeness (QED) is 0.641. The molecule has 2 atom stereocenters. The summed E-state index contributed by atoms with van der Waals surface area (Å²) in [6.07, 6.45) is 7.79. The topological polar surface area (TPSA) is 78.1 Å². The molecule has 142 valence electrons. The van der Waals surface area contributed by atoms with Gasteiger partial charge in [-0.2, -0.15) is 0 Å². The Hall–Kier alpha value is -1.79. The van der Waals surface area contributed by atoms with Crippen LogP contribution in [0.4, 0.5) is 0 Å². The van der Waals surface area contributed by atoms with Crippen molar-refractivity contribution in [3.8, 4) is 5.75 Å². The van der Waals surface area contributed by atoms with Crippen LogP contribution < -0.4 is 15.8 Å². The Morgan fingerprint density at radius 3 is 2.85 bits per heavy atom. The van der Waals surface area contributed by atoms with E-state index in [0.717, 1.165) is 30.6 Å². The first-order chi connectivity index (χ1) is 12.7. The summed E-state index contributed by atoms with van der Waals surface area (Å²) in [5, 5.41) is 3.33. The summed E-state index contributed by atoms with van der Waals surface area (Å²) in [5.41, 5.74) is 7.27. The van der Waals surface area contributed by atoms with Crippen molar-refractivity contribution in [3.63, 3.8) is 0 Å². The number of nitrogens with one attached hydrogen (secondary N) is 1. The van der Waals surface area contributed by atoms with Gasteiger partial charge >= 0.3 is 0 Å². The van der Waals surface area contributed by atoms with E-state index in [0.29, 0.717) is 25.7 Å². The molecule has 2 heterocycles. The number of rotatable bonds is 3. The number of nitrogens with zero attached hydrogens (tertiary/aromatic N) is 1. The van der Waals surface area contributed by atoms with Crippen LogP contribution in [0.25, 0.3) is 0 Å². The first kappa shape index (κ1) is 17.6. The molecule has 0 radical (unpaired) electrons. The average Bonchev–Trinajstić information content (AvgIpc) is 2.91. The Bertz CT molecular complexity index is 641. The molecule has 1 aliphatic carbocycles. The van der Waals surface area contributed by atoms with E-state index >= 15 is 0 Å². The number of benzene rings is 1. The summed E-state index contributed by atoms with van der Waals surface area (Å²) in [4.78, 5) is 4.51. The van der Waals surface area contributed by atoms with Crippen LogP contribution in [-0.2, 0) is 9.47 Å². The molecular weight excluding hydrogens is 330 g/mol. The summed E-state index contributed by atoms with van der Waals surface area (Å²) in [5.74, 6) is 1.02. The summed E-state index contributed by atoms with van der Waals surface area (Å²) in [7, 11) is 0. The van der Waals surface area contributed by atoms with Gasteiger partial charge in [0.25, 0.3) is 0 Å². The first-order valence-corrected chi connectivity index (χ1v) is 9.84. The second-order valence-electron chi connectivity index (χ2n) is 7.47. The maximum absolute atomic E-state index is 6.23. The van der Waals surface area contributed by atoms with Gasteiger partial charge in [-0.05, 0) is 18.9 Å².